The first-order valence-corrected chi connectivity index (χ1v) is 31.1. The number of ether oxygens (including phenoxy) is 3. The van der Waals surface area contributed by atoms with Gasteiger partial charge in [-0.15, -0.1) is 0 Å². The fourth-order valence-corrected chi connectivity index (χ4v) is 8.78. The van der Waals surface area contributed by atoms with E-state index < -0.39 is 6.10 Å². The Morgan fingerprint density at radius 1 is 0.288 bits per heavy atom. The Hall–Kier alpha value is -3.41. The number of allylic oxidation sites excluding steroid dienone is 14. The molecule has 0 aromatic carbocycles. The molecule has 0 aliphatic carbocycles. The predicted octanol–water partition coefficient (Wildman–Crippen LogP) is 21.1. The maximum Gasteiger partial charge on any atom is 0.306 e. The Labute approximate surface area is 452 Å². The van der Waals surface area contributed by atoms with Gasteiger partial charge in [0, 0.05) is 19.3 Å². The summed E-state index contributed by atoms with van der Waals surface area (Å²) in [6.07, 6.45) is 80.3. The first kappa shape index (κ1) is 69.6. The molecule has 0 radical (unpaired) electrons. The van der Waals surface area contributed by atoms with Gasteiger partial charge < -0.3 is 14.2 Å². The summed E-state index contributed by atoms with van der Waals surface area (Å²) < 4.78 is 16.8. The summed E-state index contributed by atoms with van der Waals surface area (Å²) in [5.41, 5.74) is 0. The standard InChI is InChI=1S/C67H116O6/c1-4-7-10-13-16-19-21-23-24-25-26-27-28-29-30-31-32-33-34-35-36-37-38-39-40-41-42-44-45-48-51-54-57-60-66(69)72-63-64(62-71-65(68)59-56-53-50-47-18-15-12-9-6-3)73-67(70)61-58-55-52-49-46-43-22-20-17-14-11-8-5-2/h7,10,16,19,23-24,26-27,29-30,32-33,35-36,64H,4-6,8-9,11-15,17-18,20-22,25,28,31,34,37-63H2,1-3H3/b10-7-,19-16-,24-23-,27-26-,30-29-,33-32-,36-35-. The summed E-state index contributed by atoms with van der Waals surface area (Å²) >= 11 is 0. The number of unbranched alkanes of at least 4 members (excludes halogenated alkanes) is 31. The van der Waals surface area contributed by atoms with Crippen molar-refractivity contribution in [3.8, 4) is 0 Å². The van der Waals surface area contributed by atoms with Gasteiger partial charge in [0.15, 0.2) is 6.10 Å². The summed E-state index contributed by atoms with van der Waals surface area (Å²) in [6.45, 7) is 6.52. The van der Waals surface area contributed by atoms with Crippen LogP contribution in [0.25, 0.3) is 0 Å². The fourth-order valence-electron chi connectivity index (χ4n) is 8.78. The molecule has 0 saturated heterocycles. The van der Waals surface area contributed by atoms with Crippen molar-refractivity contribution in [3.05, 3.63) is 85.1 Å². The normalized spacial score (nSPS) is 12.6. The second kappa shape index (κ2) is 61.1. The largest absolute Gasteiger partial charge is 0.462 e. The van der Waals surface area contributed by atoms with Crippen LogP contribution in [0.1, 0.15) is 303 Å². The van der Waals surface area contributed by atoms with E-state index in [4.69, 9.17) is 14.2 Å². The average molecular weight is 1020 g/mol. The molecule has 0 amide bonds. The molecule has 1 atom stereocenters. The molecule has 0 spiro atoms. The minimum Gasteiger partial charge on any atom is -0.462 e. The van der Waals surface area contributed by atoms with Gasteiger partial charge in [-0.3, -0.25) is 14.4 Å². The molecule has 0 aliphatic rings. The zero-order valence-corrected chi connectivity index (χ0v) is 48.1. The maximum absolute atomic E-state index is 12.8. The van der Waals surface area contributed by atoms with E-state index in [0.717, 1.165) is 103 Å². The highest BCUT2D eigenvalue weighted by Gasteiger charge is 2.19. The Bertz CT molecular complexity index is 1400. The van der Waals surface area contributed by atoms with Gasteiger partial charge in [-0.25, -0.2) is 0 Å². The Morgan fingerprint density at radius 2 is 0.534 bits per heavy atom. The molecule has 73 heavy (non-hydrogen) atoms. The highest BCUT2D eigenvalue weighted by molar-refractivity contribution is 5.71. The van der Waals surface area contributed by atoms with Gasteiger partial charge in [-0.05, 0) is 77.0 Å². The Kier molecular flexibility index (Phi) is 58.3. The molecule has 0 aliphatic heterocycles. The van der Waals surface area contributed by atoms with Gasteiger partial charge >= 0.3 is 17.9 Å². The molecule has 1 unspecified atom stereocenters. The van der Waals surface area contributed by atoms with E-state index in [9.17, 15) is 14.4 Å². The van der Waals surface area contributed by atoms with Crippen molar-refractivity contribution in [2.24, 2.45) is 0 Å². The molecule has 0 saturated carbocycles. The molecule has 0 fully saturated rings. The fraction of sp³-hybridized carbons (Fsp3) is 0.746. The third kappa shape index (κ3) is 59.3. The number of rotatable bonds is 56. The van der Waals surface area contributed by atoms with Crippen molar-refractivity contribution in [1.82, 2.24) is 0 Å². The van der Waals surface area contributed by atoms with E-state index >= 15 is 0 Å². The number of carbonyl (C=O) groups is 3. The van der Waals surface area contributed by atoms with E-state index in [2.05, 4.69) is 106 Å². The number of hydrogen-bond acceptors (Lipinski definition) is 6. The van der Waals surface area contributed by atoms with Crippen molar-refractivity contribution < 1.29 is 28.6 Å². The summed E-state index contributed by atoms with van der Waals surface area (Å²) in [7, 11) is 0. The summed E-state index contributed by atoms with van der Waals surface area (Å²) in [4.78, 5) is 38.0. The lowest BCUT2D eigenvalue weighted by Crippen LogP contribution is -2.30. The van der Waals surface area contributed by atoms with Gasteiger partial charge in [-0.1, -0.05) is 292 Å². The molecule has 420 valence electrons. The number of hydrogen-bond donors (Lipinski definition) is 0. The minimum atomic E-state index is -0.771. The van der Waals surface area contributed by atoms with Crippen molar-refractivity contribution >= 4 is 17.9 Å². The smallest absolute Gasteiger partial charge is 0.306 e. The highest BCUT2D eigenvalue weighted by atomic mass is 16.6. The third-order valence-corrected chi connectivity index (χ3v) is 13.4. The van der Waals surface area contributed by atoms with Gasteiger partial charge in [0.25, 0.3) is 0 Å². The molecule has 6 heteroatoms. The van der Waals surface area contributed by atoms with Crippen molar-refractivity contribution in [2.75, 3.05) is 13.2 Å². The zero-order chi connectivity index (χ0) is 52.9. The molecular formula is C67H116O6. The van der Waals surface area contributed by atoms with Crippen LogP contribution in [0.2, 0.25) is 0 Å². The molecular weight excluding hydrogens is 901 g/mol. The maximum atomic E-state index is 12.8. The van der Waals surface area contributed by atoms with Crippen LogP contribution in [-0.2, 0) is 28.6 Å². The topological polar surface area (TPSA) is 78.9 Å². The molecule has 0 rings (SSSR count). The minimum absolute atomic E-state index is 0.0719. The quantitative estimate of drug-likeness (QED) is 0.0261. The van der Waals surface area contributed by atoms with Crippen molar-refractivity contribution in [1.29, 1.82) is 0 Å². The molecule has 0 aromatic rings. The molecule has 0 aromatic heterocycles. The molecule has 0 heterocycles. The van der Waals surface area contributed by atoms with Crippen molar-refractivity contribution in [2.45, 2.75) is 309 Å². The van der Waals surface area contributed by atoms with E-state index in [0.29, 0.717) is 19.3 Å². The van der Waals surface area contributed by atoms with Crippen LogP contribution in [-0.4, -0.2) is 37.2 Å². The lowest BCUT2D eigenvalue weighted by atomic mass is 10.0. The SMILES string of the molecule is CC/C=C\C/C=C\C/C=C\C/C=C\C/C=C\C/C=C\C/C=C\CCCCCCCCCCCCCC(=O)OCC(COC(=O)CCCCCCCCCCC)OC(=O)CCCCCCCCCCCCCCC. The Balaban J connectivity index is 4.10. The van der Waals surface area contributed by atoms with Crippen molar-refractivity contribution in [3.63, 3.8) is 0 Å². The van der Waals surface area contributed by atoms with Crippen LogP contribution in [0, 0.1) is 0 Å². The summed E-state index contributed by atoms with van der Waals surface area (Å²) in [6, 6.07) is 0. The predicted molar refractivity (Wildman–Crippen MR) is 316 cm³/mol. The summed E-state index contributed by atoms with van der Waals surface area (Å²) in [5, 5.41) is 0. The lowest BCUT2D eigenvalue weighted by Gasteiger charge is -2.18. The van der Waals surface area contributed by atoms with E-state index in [1.165, 1.54) is 161 Å². The molecule has 0 bridgehead atoms. The number of esters is 3. The van der Waals surface area contributed by atoms with Gasteiger partial charge in [0.2, 0.25) is 0 Å². The average Bonchev–Trinajstić information content (AvgIpc) is 3.39. The van der Waals surface area contributed by atoms with Crippen LogP contribution in [0.3, 0.4) is 0 Å². The van der Waals surface area contributed by atoms with Crippen LogP contribution in [0.15, 0.2) is 85.1 Å². The molecule has 0 N–H and O–H groups in total. The van der Waals surface area contributed by atoms with E-state index in [1.807, 2.05) is 0 Å². The highest BCUT2D eigenvalue weighted by Crippen LogP contribution is 2.16. The van der Waals surface area contributed by atoms with Crippen LogP contribution in [0.5, 0.6) is 0 Å². The monoisotopic (exact) mass is 1020 g/mol. The van der Waals surface area contributed by atoms with E-state index in [-0.39, 0.29) is 31.1 Å². The Morgan fingerprint density at radius 3 is 0.836 bits per heavy atom. The van der Waals surface area contributed by atoms with Gasteiger partial charge in [-0.2, -0.15) is 0 Å². The molecule has 6 nitrogen and oxygen atoms in total. The van der Waals surface area contributed by atoms with Crippen LogP contribution in [0.4, 0.5) is 0 Å². The van der Waals surface area contributed by atoms with Gasteiger partial charge in [0.1, 0.15) is 13.2 Å². The first-order chi connectivity index (χ1) is 36.0. The van der Waals surface area contributed by atoms with Gasteiger partial charge in [0.05, 0.1) is 0 Å². The second-order valence-electron chi connectivity index (χ2n) is 20.6. The summed E-state index contributed by atoms with van der Waals surface area (Å²) in [5.74, 6) is -0.867. The number of carbonyl (C=O) groups excluding carboxylic acids is 3. The first-order valence-electron chi connectivity index (χ1n) is 31.1. The third-order valence-electron chi connectivity index (χ3n) is 13.4. The lowest BCUT2D eigenvalue weighted by molar-refractivity contribution is -0.167. The zero-order valence-electron chi connectivity index (χ0n) is 48.1. The van der Waals surface area contributed by atoms with E-state index in [1.54, 1.807) is 0 Å². The second-order valence-corrected chi connectivity index (χ2v) is 20.6. The van der Waals surface area contributed by atoms with Crippen LogP contribution >= 0.6 is 0 Å². The van der Waals surface area contributed by atoms with Crippen LogP contribution < -0.4 is 0 Å².